The van der Waals surface area contributed by atoms with Crippen molar-refractivity contribution >= 4 is 17.6 Å². The summed E-state index contributed by atoms with van der Waals surface area (Å²) in [4.78, 5) is 31.5. The summed E-state index contributed by atoms with van der Waals surface area (Å²) in [5.41, 5.74) is 0.539. The van der Waals surface area contributed by atoms with Crippen molar-refractivity contribution in [3.8, 4) is 5.75 Å². The van der Waals surface area contributed by atoms with E-state index in [4.69, 9.17) is 9.47 Å². The molecule has 22 heavy (non-hydrogen) atoms. The van der Waals surface area contributed by atoms with E-state index in [2.05, 4.69) is 15.3 Å². The number of methoxy groups -OCH3 is 1. The molecule has 0 radical (unpaired) electrons. The Kier molecular flexibility index (Phi) is 5.02. The number of anilines is 1. The third-order valence-electron chi connectivity index (χ3n) is 2.79. The Morgan fingerprint density at radius 2 is 2.00 bits per heavy atom. The Balaban J connectivity index is 1.99. The Bertz CT molecular complexity index is 661. The van der Waals surface area contributed by atoms with Crippen molar-refractivity contribution in [3.05, 3.63) is 48.5 Å². The summed E-state index contributed by atoms with van der Waals surface area (Å²) in [6.07, 6.45) is 3.09. The molecule has 0 aliphatic carbocycles. The minimum absolute atomic E-state index is 0.0411. The van der Waals surface area contributed by atoms with Crippen molar-refractivity contribution in [1.29, 1.82) is 0 Å². The number of para-hydroxylation sites is 2. The van der Waals surface area contributed by atoms with Gasteiger partial charge in [0.15, 0.2) is 11.8 Å². The molecule has 7 heteroatoms. The van der Waals surface area contributed by atoms with E-state index in [0.29, 0.717) is 11.4 Å². The zero-order chi connectivity index (χ0) is 15.9. The maximum Gasteiger partial charge on any atom is 0.359 e. The van der Waals surface area contributed by atoms with Gasteiger partial charge in [-0.25, -0.2) is 9.78 Å². The summed E-state index contributed by atoms with van der Waals surface area (Å²) in [5.74, 6) is -0.666. The van der Waals surface area contributed by atoms with E-state index in [1.807, 2.05) is 0 Å². The normalized spacial score (nSPS) is 11.4. The molecule has 1 heterocycles. The van der Waals surface area contributed by atoms with Crippen LogP contribution in [0.4, 0.5) is 5.69 Å². The minimum Gasteiger partial charge on any atom is -0.495 e. The first-order valence-corrected chi connectivity index (χ1v) is 6.52. The highest BCUT2D eigenvalue weighted by Crippen LogP contribution is 2.23. The van der Waals surface area contributed by atoms with Crippen LogP contribution >= 0.6 is 0 Å². The van der Waals surface area contributed by atoms with Gasteiger partial charge in [-0.3, -0.25) is 9.78 Å². The highest BCUT2D eigenvalue weighted by Gasteiger charge is 2.20. The lowest BCUT2D eigenvalue weighted by Gasteiger charge is -2.14. The number of benzene rings is 1. The van der Waals surface area contributed by atoms with Crippen LogP contribution in [-0.2, 0) is 9.53 Å². The molecule has 1 amide bonds. The smallest absolute Gasteiger partial charge is 0.359 e. The number of esters is 1. The molecule has 0 bridgehead atoms. The molecule has 2 aromatic rings. The zero-order valence-electron chi connectivity index (χ0n) is 12.1. The Morgan fingerprint density at radius 1 is 1.23 bits per heavy atom. The fraction of sp³-hybridized carbons (Fsp3) is 0.200. The Hall–Kier alpha value is -2.96. The summed E-state index contributed by atoms with van der Waals surface area (Å²) in [6.45, 7) is 1.47. The molecule has 0 aliphatic rings. The first kappa shape index (κ1) is 15.4. The molecule has 0 saturated heterocycles. The Morgan fingerprint density at radius 3 is 2.68 bits per heavy atom. The van der Waals surface area contributed by atoms with Gasteiger partial charge in [-0.15, -0.1) is 0 Å². The first-order chi connectivity index (χ1) is 10.6. The molecule has 1 atom stereocenters. The summed E-state index contributed by atoms with van der Waals surface area (Å²) in [5, 5.41) is 2.64. The van der Waals surface area contributed by atoms with Crippen LogP contribution in [0.5, 0.6) is 5.75 Å². The monoisotopic (exact) mass is 301 g/mol. The van der Waals surface area contributed by atoms with E-state index in [1.54, 1.807) is 24.3 Å². The molecule has 1 aromatic carbocycles. The van der Waals surface area contributed by atoms with Gasteiger partial charge in [-0.1, -0.05) is 12.1 Å². The lowest BCUT2D eigenvalue weighted by molar-refractivity contribution is -0.123. The van der Waals surface area contributed by atoms with Crippen LogP contribution in [0.2, 0.25) is 0 Å². The largest absolute Gasteiger partial charge is 0.495 e. The van der Waals surface area contributed by atoms with Gasteiger partial charge in [0.25, 0.3) is 5.91 Å². The number of ether oxygens (including phenoxy) is 2. The number of aromatic nitrogens is 2. The molecule has 0 saturated carbocycles. The molecule has 7 nitrogen and oxygen atoms in total. The number of nitrogens with one attached hydrogen (secondary N) is 1. The van der Waals surface area contributed by atoms with Crippen molar-refractivity contribution in [2.45, 2.75) is 13.0 Å². The summed E-state index contributed by atoms with van der Waals surface area (Å²) >= 11 is 0. The maximum atomic E-state index is 12.1. The second-order valence-corrected chi connectivity index (χ2v) is 4.33. The molecule has 2 rings (SSSR count). The van der Waals surface area contributed by atoms with Crippen LogP contribution in [0.15, 0.2) is 42.9 Å². The molecule has 0 fully saturated rings. The number of carbonyl (C=O) groups excluding carboxylic acids is 2. The fourth-order valence-corrected chi connectivity index (χ4v) is 1.66. The van der Waals surface area contributed by atoms with Crippen molar-refractivity contribution < 1.29 is 19.1 Å². The van der Waals surface area contributed by atoms with Crippen LogP contribution in [0.3, 0.4) is 0 Å². The van der Waals surface area contributed by atoms with E-state index in [1.165, 1.54) is 32.6 Å². The number of hydrogen-bond donors (Lipinski definition) is 1. The third-order valence-corrected chi connectivity index (χ3v) is 2.79. The van der Waals surface area contributed by atoms with Gasteiger partial charge >= 0.3 is 5.97 Å². The number of rotatable bonds is 5. The quantitative estimate of drug-likeness (QED) is 0.845. The second kappa shape index (κ2) is 7.16. The topological polar surface area (TPSA) is 90.4 Å². The number of amides is 1. The predicted molar refractivity (Wildman–Crippen MR) is 78.5 cm³/mol. The zero-order valence-corrected chi connectivity index (χ0v) is 12.1. The fourth-order valence-electron chi connectivity index (χ4n) is 1.66. The summed E-state index contributed by atoms with van der Waals surface area (Å²) in [7, 11) is 1.50. The molecular formula is C15H15N3O4. The second-order valence-electron chi connectivity index (χ2n) is 4.33. The minimum atomic E-state index is -0.987. The number of carbonyl (C=O) groups is 2. The van der Waals surface area contributed by atoms with E-state index in [-0.39, 0.29) is 5.69 Å². The van der Waals surface area contributed by atoms with Gasteiger partial charge in [0.05, 0.1) is 19.0 Å². The van der Waals surface area contributed by atoms with Gasteiger partial charge in [0.1, 0.15) is 5.75 Å². The van der Waals surface area contributed by atoms with Gasteiger partial charge in [-0.2, -0.15) is 0 Å². The van der Waals surface area contributed by atoms with Crippen LogP contribution in [-0.4, -0.2) is 35.1 Å². The van der Waals surface area contributed by atoms with E-state index in [0.717, 1.165) is 0 Å². The SMILES string of the molecule is COc1ccccc1NC(=O)[C@@H](C)OC(=O)c1cnccn1. The molecule has 114 valence electrons. The van der Waals surface area contributed by atoms with Gasteiger partial charge in [-0.05, 0) is 19.1 Å². The van der Waals surface area contributed by atoms with E-state index in [9.17, 15) is 9.59 Å². The summed E-state index contributed by atoms with van der Waals surface area (Å²) in [6, 6.07) is 6.94. The van der Waals surface area contributed by atoms with Crippen molar-refractivity contribution in [2.75, 3.05) is 12.4 Å². The van der Waals surface area contributed by atoms with Crippen molar-refractivity contribution in [2.24, 2.45) is 0 Å². The van der Waals surface area contributed by atoms with Gasteiger partial charge in [0, 0.05) is 12.4 Å². The lowest BCUT2D eigenvalue weighted by Crippen LogP contribution is -2.30. The average molecular weight is 301 g/mol. The van der Waals surface area contributed by atoms with Crippen LogP contribution in [0.25, 0.3) is 0 Å². The Labute approximate surface area is 127 Å². The predicted octanol–water partition coefficient (Wildman–Crippen LogP) is 1.67. The van der Waals surface area contributed by atoms with Gasteiger partial charge in [0.2, 0.25) is 0 Å². The van der Waals surface area contributed by atoms with E-state index >= 15 is 0 Å². The average Bonchev–Trinajstić information content (AvgIpc) is 2.56. The molecule has 1 N–H and O–H groups in total. The summed E-state index contributed by atoms with van der Waals surface area (Å²) < 4.78 is 10.2. The molecular weight excluding hydrogens is 286 g/mol. The molecule has 0 aliphatic heterocycles. The van der Waals surface area contributed by atoms with Crippen LogP contribution in [0, 0.1) is 0 Å². The van der Waals surface area contributed by atoms with Crippen LogP contribution in [0.1, 0.15) is 17.4 Å². The molecule has 0 unspecified atom stereocenters. The first-order valence-electron chi connectivity index (χ1n) is 6.52. The number of nitrogens with zero attached hydrogens (tertiary/aromatic N) is 2. The van der Waals surface area contributed by atoms with E-state index < -0.39 is 18.0 Å². The lowest BCUT2D eigenvalue weighted by atomic mass is 10.2. The maximum absolute atomic E-state index is 12.1. The highest BCUT2D eigenvalue weighted by molar-refractivity contribution is 5.97. The standard InChI is InChI=1S/C15H15N3O4/c1-10(22-15(20)12-9-16-7-8-17-12)14(19)18-11-5-3-4-6-13(11)21-2/h3-10H,1-2H3,(H,18,19)/t10-/m1/s1. The van der Waals surface area contributed by atoms with Crippen molar-refractivity contribution in [3.63, 3.8) is 0 Å². The molecule has 0 spiro atoms. The number of hydrogen-bond acceptors (Lipinski definition) is 6. The molecule has 1 aromatic heterocycles. The van der Waals surface area contributed by atoms with Crippen molar-refractivity contribution in [1.82, 2.24) is 9.97 Å². The third kappa shape index (κ3) is 3.78. The van der Waals surface area contributed by atoms with Gasteiger partial charge < -0.3 is 14.8 Å². The van der Waals surface area contributed by atoms with Crippen LogP contribution < -0.4 is 10.1 Å². The highest BCUT2D eigenvalue weighted by atomic mass is 16.5.